The molecule has 0 aliphatic carbocycles. The summed E-state index contributed by atoms with van der Waals surface area (Å²) in [5.41, 5.74) is 6.29. The number of halogens is 1. The third kappa shape index (κ3) is 2.78. The fraction of sp³-hybridized carbons (Fsp3) is 0.0526. The molecule has 0 spiro atoms. The lowest BCUT2D eigenvalue weighted by Crippen LogP contribution is -2.34. The average Bonchev–Trinajstić information content (AvgIpc) is 3.09. The minimum atomic E-state index is -0.0718. The molecular weight excluding hydrogens is 364 g/mol. The van der Waals surface area contributed by atoms with E-state index in [1.165, 1.54) is 0 Å². The van der Waals surface area contributed by atoms with Crippen LogP contribution in [0.1, 0.15) is 17.4 Å². The van der Waals surface area contributed by atoms with E-state index in [2.05, 4.69) is 60.6 Å². The molecule has 5 heteroatoms. The topological polar surface area (TPSA) is 40.5 Å². The Bertz CT molecular complexity index is 848. The minimum Gasteiger partial charge on any atom is -0.297 e. The number of hydrogen-bond donors (Lipinski definition) is 1. The van der Waals surface area contributed by atoms with Gasteiger partial charge in [-0.05, 0) is 42.0 Å². The SMILES string of the molecule is Brc1ccc(C2NN=C(c3ccccn3)N2c2ccccc2)cc1. The predicted octanol–water partition coefficient (Wildman–Crippen LogP) is 4.31. The van der Waals surface area contributed by atoms with Crippen molar-refractivity contribution in [3.05, 3.63) is 94.7 Å². The summed E-state index contributed by atoms with van der Waals surface area (Å²) in [5, 5.41) is 4.56. The van der Waals surface area contributed by atoms with Crippen LogP contribution in [-0.2, 0) is 0 Å². The molecule has 24 heavy (non-hydrogen) atoms. The lowest BCUT2D eigenvalue weighted by Gasteiger charge is -2.27. The molecule has 118 valence electrons. The first-order valence-corrected chi connectivity index (χ1v) is 8.46. The Morgan fingerprint density at radius 3 is 2.33 bits per heavy atom. The molecule has 0 fully saturated rings. The zero-order valence-corrected chi connectivity index (χ0v) is 14.4. The maximum absolute atomic E-state index is 4.56. The van der Waals surface area contributed by atoms with Gasteiger partial charge in [0.05, 0.1) is 0 Å². The number of amidine groups is 1. The molecule has 2 aromatic carbocycles. The number of nitrogens with zero attached hydrogens (tertiary/aromatic N) is 3. The maximum Gasteiger partial charge on any atom is 0.180 e. The van der Waals surface area contributed by atoms with E-state index in [-0.39, 0.29) is 6.17 Å². The van der Waals surface area contributed by atoms with Gasteiger partial charge < -0.3 is 0 Å². The highest BCUT2D eigenvalue weighted by Crippen LogP contribution is 2.31. The van der Waals surface area contributed by atoms with E-state index in [1.807, 2.05) is 48.5 Å². The summed E-state index contributed by atoms with van der Waals surface area (Å²) >= 11 is 3.49. The zero-order chi connectivity index (χ0) is 16.4. The first kappa shape index (κ1) is 14.9. The lowest BCUT2D eigenvalue weighted by molar-refractivity contribution is 0.617. The van der Waals surface area contributed by atoms with Crippen LogP contribution >= 0.6 is 15.9 Å². The van der Waals surface area contributed by atoms with Gasteiger partial charge in [0.25, 0.3) is 0 Å². The highest BCUT2D eigenvalue weighted by Gasteiger charge is 2.31. The van der Waals surface area contributed by atoms with Crippen LogP contribution in [-0.4, -0.2) is 10.8 Å². The van der Waals surface area contributed by atoms with Gasteiger partial charge >= 0.3 is 0 Å². The van der Waals surface area contributed by atoms with Gasteiger partial charge in [0, 0.05) is 16.4 Å². The van der Waals surface area contributed by atoms with Crippen LogP contribution in [0.25, 0.3) is 0 Å². The summed E-state index contributed by atoms with van der Waals surface area (Å²) in [4.78, 5) is 6.63. The molecule has 2 heterocycles. The van der Waals surface area contributed by atoms with Crippen molar-refractivity contribution < 1.29 is 0 Å². The average molecular weight is 379 g/mol. The van der Waals surface area contributed by atoms with E-state index in [0.29, 0.717) is 0 Å². The van der Waals surface area contributed by atoms with Crippen molar-refractivity contribution in [2.45, 2.75) is 6.17 Å². The molecule has 4 rings (SSSR count). The number of nitrogens with one attached hydrogen (secondary N) is 1. The molecular formula is C19H15BrN4. The predicted molar refractivity (Wildman–Crippen MR) is 99.7 cm³/mol. The van der Waals surface area contributed by atoms with Crippen LogP contribution in [0.4, 0.5) is 5.69 Å². The molecule has 1 atom stereocenters. The summed E-state index contributed by atoms with van der Waals surface area (Å²) in [5.74, 6) is 0.815. The van der Waals surface area contributed by atoms with Crippen LogP contribution in [0.5, 0.6) is 0 Å². The Kier molecular flexibility index (Phi) is 4.01. The number of para-hydroxylation sites is 1. The summed E-state index contributed by atoms with van der Waals surface area (Å²) in [7, 11) is 0. The van der Waals surface area contributed by atoms with Crippen molar-refractivity contribution in [1.82, 2.24) is 10.4 Å². The number of benzene rings is 2. The molecule has 1 aliphatic heterocycles. The molecule has 1 N–H and O–H groups in total. The molecule has 3 aromatic rings. The monoisotopic (exact) mass is 378 g/mol. The lowest BCUT2D eigenvalue weighted by atomic mass is 10.1. The Hall–Kier alpha value is -2.66. The highest BCUT2D eigenvalue weighted by atomic mass is 79.9. The summed E-state index contributed by atoms with van der Waals surface area (Å²) in [6.45, 7) is 0. The molecule has 0 radical (unpaired) electrons. The van der Waals surface area contributed by atoms with Crippen LogP contribution in [0.3, 0.4) is 0 Å². The molecule has 0 saturated carbocycles. The molecule has 0 saturated heterocycles. The third-order valence-electron chi connectivity index (χ3n) is 3.89. The van der Waals surface area contributed by atoms with Crippen molar-refractivity contribution in [2.24, 2.45) is 5.10 Å². The fourth-order valence-electron chi connectivity index (χ4n) is 2.76. The van der Waals surface area contributed by atoms with E-state index in [4.69, 9.17) is 0 Å². The number of aromatic nitrogens is 1. The molecule has 1 unspecified atom stereocenters. The second-order valence-corrected chi connectivity index (χ2v) is 6.35. The van der Waals surface area contributed by atoms with Gasteiger partial charge in [-0.1, -0.05) is 52.3 Å². The normalized spacial score (nSPS) is 16.6. The Morgan fingerprint density at radius 1 is 0.875 bits per heavy atom. The van der Waals surface area contributed by atoms with Crippen LogP contribution < -0.4 is 10.3 Å². The zero-order valence-electron chi connectivity index (χ0n) is 12.8. The maximum atomic E-state index is 4.56. The standard InChI is InChI=1S/C19H15BrN4/c20-15-11-9-14(10-12-15)18-22-23-19(17-8-4-5-13-21-17)24(18)16-6-2-1-3-7-16/h1-13,18,22H. The van der Waals surface area contributed by atoms with Crippen molar-refractivity contribution in [2.75, 3.05) is 4.90 Å². The molecule has 0 bridgehead atoms. The third-order valence-corrected chi connectivity index (χ3v) is 4.42. The first-order valence-electron chi connectivity index (χ1n) is 7.67. The quantitative estimate of drug-likeness (QED) is 0.737. The van der Waals surface area contributed by atoms with E-state index >= 15 is 0 Å². The Morgan fingerprint density at radius 2 is 1.62 bits per heavy atom. The summed E-state index contributed by atoms with van der Waals surface area (Å²) in [6.07, 6.45) is 1.71. The summed E-state index contributed by atoms with van der Waals surface area (Å²) in [6, 6.07) is 24.4. The van der Waals surface area contributed by atoms with Crippen LogP contribution in [0.2, 0.25) is 0 Å². The van der Waals surface area contributed by atoms with Crippen molar-refractivity contribution >= 4 is 27.5 Å². The largest absolute Gasteiger partial charge is 0.297 e. The van der Waals surface area contributed by atoms with E-state index < -0.39 is 0 Å². The number of hydrogen-bond acceptors (Lipinski definition) is 4. The van der Waals surface area contributed by atoms with E-state index in [1.54, 1.807) is 6.20 Å². The van der Waals surface area contributed by atoms with Gasteiger partial charge in [0.1, 0.15) is 11.9 Å². The number of hydrazone groups is 1. The summed E-state index contributed by atoms with van der Waals surface area (Å²) < 4.78 is 1.06. The van der Waals surface area contributed by atoms with Crippen molar-refractivity contribution in [3.63, 3.8) is 0 Å². The van der Waals surface area contributed by atoms with Gasteiger partial charge in [0.15, 0.2) is 5.84 Å². The van der Waals surface area contributed by atoms with Gasteiger partial charge in [-0.2, -0.15) is 5.10 Å². The van der Waals surface area contributed by atoms with E-state index in [9.17, 15) is 0 Å². The van der Waals surface area contributed by atoms with Gasteiger partial charge in [0.2, 0.25) is 0 Å². The second kappa shape index (κ2) is 6.45. The smallest absolute Gasteiger partial charge is 0.180 e. The molecule has 1 aliphatic rings. The van der Waals surface area contributed by atoms with Crippen molar-refractivity contribution in [3.8, 4) is 0 Å². The van der Waals surface area contributed by atoms with E-state index in [0.717, 1.165) is 27.3 Å². The Labute approximate surface area is 149 Å². The fourth-order valence-corrected chi connectivity index (χ4v) is 3.02. The van der Waals surface area contributed by atoms with Gasteiger partial charge in [-0.15, -0.1) is 0 Å². The van der Waals surface area contributed by atoms with Crippen molar-refractivity contribution in [1.29, 1.82) is 0 Å². The molecule has 1 aromatic heterocycles. The van der Waals surface area contributed by atoms with Gasteiger partial charge in [-0.3, -0.25) is 15.3 Å². The minimum absolute atomic E-state index is 0.0718. The highest BCUT2D eigenvalue weighted by molar-refractivity contribution is 9.10. The number of pyridine rings is 1. The molecule has 4 nitrogen and oxygen atoms in total. The number of anilines is 1. The second-order valence-electron chi connectivity index (χ2n) is 5.44. The Balaban J connectivity index is 1.78. The van der Waals surface area contributed by atoms with Gasteiger partial charge in [-0.25, -0.2) is 0 Å². The first-order chi connectivity index (χ1) is 11.8. The van der Waals surface area contributed by atoms with Crippen LogP contribution in [0.15, 0.2) is 88.6 Å². The van der Waals surface area contributed by atoms with Crippen LogP contribution in [0, 0.1) is 0 Å². The number of rotatable bonds is 3. The molecule has 0 amide bonds.